The van der Waals surface area contributed by atoms with Crippen molar-refractivity contribution in [2.24, 2.45) is 0 Å². The van der Waals surface area contributed by atoms with Gasteiger partial charge in [-0.1, -0.05) is 6.07 Å². The van der Waals surface area contributed by atoms with Crippen LogP contribution in [0.3, 0.4) is 0 Å². The number of carboxylic acids is 1. The van der Waals surface area contributed by atoms with Crippen LogP contribution in [0.5, 0.6) is 28.7 Å². The minimum atomic E-state index is -0.903. The summed E-state index contributed by atoms with van der Waals surface area (Å²) in [7, 11) is 0. The molecule has 2 atom stereocenters. The molecule has 1 saturated heterocycles. The molecule has 0 radical (unpaired) electrons. The van der Waals surface area contributed by atoms with Crippen LogP contribution in [0.2, 0.25) is 0 Å². The van der Waals surface area contributed by atoms with Gasteiger partial charge in [0, 0.05) is 53.6 Å². The Morgan fingerprint density at radius 2 is 1.68 bits per heavy atom. The first kappa shape index (κ1) is 26.3. The monoisotopic (exact) mass is 556 g/mol. The zero-order valence-electron chi connectivity index (χ0n) is 21.5. The Balaban J connectivity index is 1.19. The Morgan fingerprint density at radius 1 is 0.900 bits per heavy atom. The van der Waals surface area contributed by atoms with E-state index in [1.807, 2.05) is 0 Å². The van der Waals surface area contributed by atoms with E-state index in [-0.39, 0.29) is 42.3 Å². The molecule has 10 heteroatoms. The molecule has 3 aliphatic rings. The molecule has 7 nitrogen and oxygen atoms in total. The van der Waals surface area contributed by atoms with Crippen molar-refractivity contribution in [2.45, 2.75) is 50.2 Å². The van der Waals surface area contributed by atoms with Crippen LogP contribution in [-0.2, 0) is 16.0 Å². The Labute approximate surface area is 228 Å². The lowest BCUT2D eigenvalue weighted by Gasteiger charge is -2.23. The number of halogens is 3. The van der Waals surface area contributed by atoms with Gasteiger partial charge in [0.2, 0.25) is 0 Å². The quantitative estimate of drug-likeness (QED) is 0.341. The Morgan fingerprint density at radius 3 is 2.48 bits per heavy atom. The Hall–Kier alpha value is -3.92. The zero-order chi connectivity index (χ0) is 27.8. The van der Waals surface area contributed by atoms with Gasteiger partial charge in [0.1, 0.15) is 35.3 Å². The molecule has 6 rings (SSSR count). The molecule has 2 heterocycles. The molecule has 210 valence electrons. The fourth-order valence-electron chi connectivity index (χ4n) is 5.50. The van der Waals surface area contributed by atoms with E-state index in [0.29, 0.717) is 61.5 Å². The van der Waals surface area contributed by atoms with Crippen molar-refractivity contribution in [3.63, 3.8) is 0 Å². The van der Waals surface area contributed by atoms with E-state index in [2.05, 4.69) is 0 Å². The first-order valence-corrected chi connectivity index (χ1v) is 13.2. The van der Waals surface area contributed by atoms with Gasteiger partial charge in [-0.05, 0) is 31.0 Å². The molecule has 1 fully saturated rings. The van der Waals surface area contributed by atoms with Crippen LogP contribution < -0.4 is 18.9 Å². The van der Waals surface area contributed by atoms with Gasteiger partial charge >= 0.3 is 5.97 Å². The molecule has 2 aliphatic heterocycles. The Kier molecular flexibility index (Phi) is 7.18. The van der Waals surface area contributed by atoms with E-state index in [4.69, 9.17) is 28.8 Å². The van der Waals surface area contributed by atoms with Gasteiger partial charge in [-0.25, -0.2) is 13.2 Å². The topological polar surface area (TPSA) is 83.5 Å². The molecule has 3 aromatic carbocycles. The Bertz CT molecular complexity index is 1440. The summed E-state index contributed by atoms with van der Waals surface area (Å²) in [6.45, 7) is 1.28. The smallest absolute Gasteiger partial charge is 0.304 e. The molecule has 1 N–H and O–H groups in total. The number of benzene rings is 3. The highest BCUT2D eigenvalue weighted by molar-refractivity contribution is 5.68. The number of rotatable bonds is 8. The largest absolute Gasteiger partial charge is 0.492 e. The summed E-state index contributed by atoms with van der Waals surface area (Å²) in [5, 5.41) is 9.10. The van der Waals surface area contributed by atoms with E-state index < -0.39 is 29.5 Å². The standard InChI is InChI=1S/C30H27F3O7/c31-21-4-6-24(40-28-14-22(32)27(13-23(28)33)38-17-7-9-36-10-8-17)20-3-5-25(30(20)21)39-18-1-2-19-16(11-29(34)35)15-37-26(19)12-18/h1-2,4,6,12-14,16-17,25H,3,5,7-11,15H2,(H,34,35)/t16-,25-/m1/s1. The number of fused-ring (bicyclic) bond motifs is 2. The second-order valence-electron chi connectivity index (χ2n) is 10.1. The van der Waals surface area contributed by atoms with Crippen LogP contribution in [0.1, 0.15) is 54.4 Å². The molecule has 0 unspecified atom stereocenters. The summed E-state index contributed by atoms with van der Waals surface area (Å²) in [6.07, 6.45) is 1.11. The third-order valence-corrected chi connectivity index (χ3v) is 7.47. The maximum atomic E-state index is 15.0. The lowest BCUT2D eigenvalue weighted by Crippen LogP contribution is -2.26. The molecular weight excluding hydrogens is 529 g/mol. The predicted octanol–water partition coefficient (Wildman–Crippen LogP) is 6.47. The lowest BCUT2D eigenvalue weighted by molar-refractivity contribution is -0.137. The first-order valence-electron chi connectivity index (χ1n) is 13.2. The first-order chi connectivity index (χ1) is 19.4. The average molecular weight is 557 g/mol. The molecule has 0 bridgehead atoms. The molecule has 40 heavy (non-hydrogen) atoms. The number of hydrogen-bond donors (Lipinski definition) is 1. The van der Waals surface area contributed by atoms with Gasteiger partial charge in [-0.3, -0.25) is 4.79 Å². The van der Waals surface area contributed by atoms with Crippen molar-refractivity contribution in [3.05, 3.63) is 76.6 Å². The summed E-state index contributed by atoms with van der Waals surface area (Å²) < 4.78 is 73.1. The van der Waals surface area contributed by atoms with E-state index in [9.17, 15) is 18.0 Å². The molecule has 0 spiro atoms. The summed E-state index contributed by atoms with van der Waals surface area (Å²) in [5.74, 6) is -2.50. The van der Waals surface area contributed by atoms with Crippen LogP contribution in [-0.4, -0.2) is 37.0 Å². The zero-order valence-corrected chi connectivity index (χ0v) is 21.5. The number of aliphatic carboxylic acids is 1. The van der Waals surface area contributed by atoms with Crippen molar-refractivity contribution in [3.8, 4) is 28.7 Å². The average Bonchev–Trinajstić information content (AvgIpc) is 3.53. The van der Waals surface area contributed by atoms with Crippen molar-refractivity contribution in [1.82, 2.24) is 0 Å². The van der Waals surface area contributed by atoms with E-state index in [1.54, 1.807) is 18.2 Å². The minimum absolute atomic E-state index is 0.0343. The van der Waals surface area contributed by atoms with E-state index >= 15 is 0 Å². The molecular formula is C30H27F3O7. The number of carboxylic acid groups (broad SMARTS) is 1. The van der Waals surface area contributed by atoms with Gasteiger partial charge in [0.25, 0.3) is 0 Å². The third-order valence-electron chi connectivity index (χ3n) is 7.47. The summed E-state index contributed by atoms with van der Waals surface area (Å²) in [6, 6.07) is 9.67. The highest BCUT2D eigenvalue weighted by Gasteiger charge is 2.32. The highest BCUT2D eigenvalue weighted by Crippen LogP contribution is 2.45. The molecule has 1 aliphatic carbocycles. The molecule has 0 aromatic heterocycles. The maximum absolute atomic E-state index is 15.0. The fourth-order valence-corrected chi connectivity index (χ4v) is 5.50. The van der Waals surface area contributed by atoms with Crippen LogP contribution in [0.15, 0.2) is 42.5 Å². The van der Waals surface area contributed by atoms with Crippen molar-refractivity contribution in [2.75, 3.05) is 19.8 Å². The van der Waals surface area contributed by atoms with Gasteiger partial charge < -0.3 is 28.8 Å². The van der Waals surface area contributed by atoms with E-state index in [0.717, 1.165) is 17.7 Å². The second kappa shape index (κ2) is 10.9. The van der Waals surface area contributed by atoms with Crippen molar-refractivity contribution >= 4 is 5.97 Å². The van der Waals surface area contributed by atoms with Crippen LogP contribution in [0, 0.1) is 17.5 Å². The third kappa shape index (κ3) is 5.28. The highest BCUT2D eigenvalue weighted by atomic mass is 19.1. The summed E-state index contributed by atoms with van der Waals surface area (Å²) in [4.78, 5) is 11.1. The van der Waals surface area contributed by atoms with Gasteiger partial charge in [0.05, 0.1) is 26.2 Å². The predicted molar refractivity (Wildman–Crippen MR) is 136 cm³/mol. The number of carbonyl (C=O) groups is 1. The van der Waals surface area contributed by atoms with Crippen molar-refractivity contribution < 1.29 is 46.8 Å². The SMILES string of the molecule is O=C(O)C[C@@H]1COc2cc(O[C@@H]3CCc4c(Oc5cc(F)c(OC6CCOCC6)cc5F)ccc(F)c43)ccc21. The van der Waals surface area contributed by atoms with Crippen LogP contribution >= 0.6 is 0 Å². The van der Waals surface area contributed by atoms with Crippen molar-refractivity contribution in [1.29, 1.82) is 0 Å². The van der Waals surface area contributed by atoms with Gasteiger partial charge in [-0.2, -0.15) is 0 Å². The van der Waals surface area contributed by atoms with Gasteiger partial charge in [0.15, 0.2) is 23.1 Å². The molecule has 0 amide bonds. The maximum Gasteiger partial charge on any atom is 0.304 e. The lowest BCUT2D eigenvalue weighted by atomic mass is 9.98. The molecule has 0 saturated carbocycles. The van der Waals surface area contributed by atoms with Crippen LogP contribution in [0.25, 0.3) is 0 Å². The van der Waals surface area contributed by atoms with E-state index in [1.165, 1.54) is 12.1 Å². The summed E-state index contributed by atoms with van der Waals surface area (Å²) in [5.41, 5.74) is 1.61. The number of ether oxygens (including phenoxy) is 5. The second-order valence-corrected chi connectivity index (χ2v) is 10.1. The normalized spacial score (nSPS) is 20.0. The summed E-state index contributed by atoms with van der Waals surface area (Å²) >= 11 is 0. The van der Waals surface area contributed by atoms with Gasteiger partial charge in [-0.15, -0.1) is 0 Å². The number of hydrogen-bond acceptors (Lipinski definition) is 6. The minimum Gasteiger partial charge on any atom is -0.492 e. The molecule has 3 aromatic rings. The van der Waals surface area contributed by atoms with Crippen LogP contribution in [0.4, 0.5) is 13.2 Å². The fraction of sp³-hybridized carbons (Fsp3) is 0.367.